The van der Waals surface area contributed by atoms with Gasteiger partial charge < -0.3 is 9.88 Å². The molecule has 0 fully saturated rings. The molecule has 3 aromatic rings. The summed E-state index contributed by atoms with van der Waals surface area (Å²) >= 11 is 7.29. The van der Waals surface area contributed by atoms with E-state index in [1.807, 2.05) is 35.1 Å². The maximum absolute atomic E-state index is 12.2. The molecule has 0 radical (unpaired) electrons. The summed E-state index contributed by atoms with van der Waals surface area (Å²) in [5.74, 6) is 0.317. The summed E-state index contributed by atoms with van der Waals surface area (Å²) in [5.41, 5.74) is 1.82. The van der Waals surface area contributed by atoms with Crippen molar-refractivity contribution < 1.29 is 4.79 Å². The van der Waals surface area contributed by atoms with Crippen LogP contribution >= 0.6 is 23.4 Å². The Hall–Kier alpha value is -2.05. The number of thioether (sulfide) groups is 1. The van der Waals surface area contributed by atoms with Crippen molar-refractivity contribution in [3.63, 3.8) is 0 Å². The Bertz CT molecular complexity index is 816. The van der Waals surface area contributed by atoms with Crippen LogP contribution in [0.5, 0.6) is 0 Å². The first-order valence-electron chi connectivity index (χ1n) is 6.58. The van der Waals surface area contributed by atoms with E-state index in [1.165, 1.54) is 18.0 Å². The number of carbonyl (C=O) groups is 1. The minimum absolute atomic E-state index is 0.159. The van der Waals surface area contributed by atoms with Crippen molar-refractivity contribution in [2.75, 3.05) is 11.6 Å². The van der Waals surface area contributed by atoms with Crippen molar-refractivity contribution in [2.24, 2.45) is 0 Å². The van der Waals surface area contributed by atoms with Gasteiger partial charge in [-0.15, -0.1) is 0 Å². The van der Waals surface area contributed by atoms with Crippen LogP contribution in [-0.4, -0.2) is 26.7 Å². The molecule has 112 valence electrons. The zero-order valence-corrected chi connectivity index (χ0v) is 13.4. The summed E-state index contributed by atoms with van der Waals surface area (Å²) in [5, 5.41) is 4.09. The molecule has 22 heavy (non-hydrogen) atoms. The highest BCUT2D eigenvalue weighted by Crippen LogP contribution is 2.22. The van der Waals surface area contributed by atoms with Gasteiger partial charge in [-0.25, -0.2) is 9.97 Å². The summed E-state index contributed by atoms with van der Waals surface area (Å²) < 4.78 is 1.89. The molecule has 1 N–H and O–H groups in total. The molecule has 0 spiro atoms. The van der Waals surface area contributed by atoms with Crippen LogP contribution in [0.2, 0.25) is 5.02 Å². The van der Waals surface area contributed by atoms with Gasteiger partial charge in [0.25, 0.3) is 0 Å². The number of para-hydroxylation sites is 2. The molecule has 0 unspecified atom stereocenters. The van der Waals surface area contributed by atoms with Crippen LogP contribution in [0.4, 0.5) is 5.82 Å². The number of fused-ring (bicyclic) bond motifs is 1. The zero-order chi connectivity index (χ0) is 15.5. The Balaban J connectivity index is 1.83. The normalized spacial score (nSPS) is 10.8. The quantitative estimate of drug-likeness (QED) is 0.743. The Morgan fingerprint density at radius 2 is 2.14 bits per heavy atom. The molecule has 0 aliphatic rings. The lowest BCUT2D eigenvalue weighted by Gasteiger charge is -2.08. The van der Waals surface area contributed by atoms with Crippen molar-refractivity contribution >= 4 is 46.1 Å². The first-order chi connectivity index (χ1) is 10.7. The van der Waals surface area contributed by atoms with E-state index in [4.69, 9.17) is 11.6 Å². The van der Waals surface area contributed by atoms with Crippen LogP contribution in [0.3, 0.4) is 0 Å². The van der Waals surface area contributed by atoms with Gasteiger partial charge in [0.1, 0.15) is 12.4 Å². The molecule has 2 heterocycles. The molecule has 0 aliphatic carbocycles. The van der Waals surface area contributed by atoms with Crippen LogP contribution in [0.25, 0.3) is 11.0 Å². The molecule has 3 rings (SSSR count). The highest BCUT2D eigenvalue weighted by atomic mass is 35.5. The highest BCUT2D eigenvalue weighted by molar-refractivity contribution is 7.98. The van der Waals surface area contributed by atoms with Crippen molar-refractivity contribution in [3.05, 3.63) is 47.6 Å². The molecule has 5 nitrogen and oxygen atoms in total. The van der Waals surface area contributed by atoms with E-state index in [0.717, 1.165) is 16.2 Å². The summed E-state index contributed by atoms with van der Waals surface area (Å²) in [4.78, 5) is 20.8. The monoisotopic (exact) mass is 332 g/mol. The fraction of sp³-hybridized carbons (Fsp3) is 0.133. The number of anilines is 1. The van der Waals surface area contributed by atoms with Crippen molar-refractivity contribution in [1.29, 1.82) is 0 Å². The molecule has 7 heteroatoms. The molecular formula is C15H13ClN4OS. The summed E-state index contributed by atoms with van der Waals surface area (Å²) in [6.07, 6.45) is 3.44. The number of halogens is 1. The van der Waals surface area contributed by atoms with E-state index in [9.17, 15) is 4.79 Å². The number of carbonyl (C=O) groups excluding carboxylic acids is 1. The lowest BCUT2D eigenvalue weighted by atomic mass is 10.3. The van der Waals surface area contributed by atoms with E-state index < -0.39 is 0 Å². The molecule has 2 aromatic heterocycles. The lowest BCUT2D eigenvalue weighted by Crippen LogP contribution is -2.19. The standard InChI is InChI=1S/C15H13ClN4OS/c1-22-15-18-11-4-2-3-5-12(11)20(15)9-14(21)19-13-7-6-10(16)8-17-13/h2-8H,9H2,1H3,(H,17,19,21). The fourth-order valence-electron chi connectivity index (χ4n) is 2.14. The second kappa shape index (κ2) is 6.37. The molecular weight excluding hydrogens is 320 g/mol. The number of imidazole rings is 1. The number of nitrogens with one attached hydrogen (secondary N) is 1. The average Bonchev–Trinajstić information content (AvgIpc) is 2.87. The number of pyridine rings is 1. The van der Waals surface area contributed by atoms with Crippen molar-refractivity contribution in [1.82, 2.24) is 14.5 Å². The molecule has 0 saturated carbocycles. The van der Waals surface area contributed by atoms with Crippen LogP contribution < -0.4 is 5.32 Å². The molecule has 0 atom stereocenters. The van der Waals surface area contributed by atoms with Gasteiger partial charge in [0.15, 0.2) is 5.16 Å². The summed E-state index contributed by atoms with van der Waals surface area (Å²) in [6.45, 7) is 0.182. The van der Waals surface area contributed by atoms with Gasteiger partial charge in [0.2, 0.25) is 5.91 Å². The van der Waals surface area contributed by atoms with Crippen LogP contribution in [0.1, 0.15) is 0 Å². The number of hydrogen-bond donors (Lipinski definition) is 1. The number of amides is 1. The Morgan fingerprint density at radius 1 is 1.32 bits per heavy atom. The predicted octanol–water partition coefficient (Wildman–Crippen LogP) is 3.45. The number of rotatable bonds is 4. The largest absolute Gasteiger partial charge is 0.309 e. The van der Waals surface area contributed by atoms with Gasteiger partial charge in [-0.2, -0.15) is 0 Å². The van der Waals surface area contributed by atoms with Crippen molar-refractivity contribution in [3.8, 4) is 0 Å². The number of benzene rings is 1. The van der Waals surface area contributed by atoms with E-state index in [0.29, 0.717) is 10.8 Å². The Morgan fingerprint density at radius 3 is 2.86 bits per heavy atom. The Labute approximate surface area is 136 Å². The first kappa shape index (κ1) is 14.9. The number of aromatic nitrogens is 3. The third kappa shape index (κ3) is 3.08. The molecule has 0 aliphatic heterocycles. The van der Waals surface area contributed by atoms with E-state index in [1.54, 1.807) is 12.1 Å². The smallest absolute Gasteiger partial charge is 0.245 e. The van der Waals surface area contributed by atoms with Crippen LogP contribution in [0, 0.1) is 0 Å². The first-order valence-corrected chi connectivity index (χ1v) is 8.18. The van der Waals surface area contributed by atoms with Crippen LogP contribution in [0.15, 0.2) is 47.8 Å². The average molecular weight is 333 g/mol. The van der Waals surface area contributed by atoms with E-state index in [2.05, 4.69) is 15.3 Å². The third-order valence-corrected chi connectivity index (χ3v) is 4.00. The maximum Gasteiger partial charge on any atom is 0.245 e. The second-order valence-electron chi connectivity index (χ2n) is 4.58. The van der Waals surface area contributed by atoms with Gasteiger partial charge in [-0.05, 0) is 30.5 Å². The summed E-state index contributed by atoms with van der Waals surface area (Å²) in [6, 6.07) is 11.1. The van der Waals surface area contributed by atoms with Gasteiger partial charge in [0.05, 0.1) is 16.1 Å². The zero-order valence-electron chi connectivity index (χ0n) is 11.8. The van der Waals surface area contributed by atoms with Gasteiger partial charge in [-0.3, -0.25) is 4.79 Å². The second-order valence-corrected chi connectivity index (χ2v) is 5.79. The Kier molecular flexibility index (Phi) is 4.31. The van der Waals surface area contributed by atoms with Gasteiger partial charge in [-0.1, -0.05) is 35.5 Å². The maximum atomic E-state index is 12.2. The van der Waals surface area contributed by atoms with E-state index >= 15 is 0 Å². The molecule has 1 amide bonds. The SMILES string of the molecule is CSc1nc2ccccc2n1CC(=O)Nc1ccc(Cl)cn1. The minimum atomic E-state index is -0.159. The van der Waals surface area contributed by atoms with Gasteiger partial charge >= 0.3 is 0 Å². The predicted molar refractivity (Wildman–Crippen MR) is 89.4 cm³/mol. The topological polar surface area (TPSA) is 59.8 Å². The highest BCUT2D eigenvalue weighted by Gasteiger charge is 2.13. The molecule has 1 aromatic carbocycles. The van der Waals surface area contributed by atoms with Gasteiger partial charge in [0, 0.05) is 6.20 Å². The lowest BCUT2D eigenvalue weighted by molar-refractivity contribution is -0.116. The fourth-order valence-corrected chi connectivity index (χ4v) is 2.82. The van der Waals surface area contributed by atoms with E-state index in [-0.39, 0.29) is 12.5 Å². The minimum Gasteiger partial charge on any atom is -0.309 e. The van der Waals surface area contributed by atoms with Crippen LogP contribution in [-0.2, 0) is 11.3 Å². The molecule has 0 bridgehead atoms. The number of nitrogens with zero attached hydrogens (tertiary/aromatic N) is 3. The number of hydrogen-bond acceptors (Lipinski definition) is 4. The molecule has 0 saturated heterocycles. The third-order valence-electron chi connectivity index (χ3n) is 3.10. The summed E-state index contributed by atoms with van der Waals surface area (Å²) in [7, 11) is 0. The van der Waals surface area contributed by atoms with Crippen molar-refractivity contribution in [2.45, 2.75) is 11.7 Å².